The fourth-order valence-electron chi connectivity index (χ4n) is 1.49. The molecule has 0 unspecified atom stereocenters. The highest BCUT2D eigenvalue weighted by Gasteiger charge is 2.32. The molecule has 1 amide bonds. The van der Waals surface area contributed by atoms with Gasteiger partial charge in [-0.1, -0.05) is 11.6 Å². The van der Waals surface area contributed by atoms with Crippen LogP contribution in [0.15, 0.2) is 36.5 Å². The van der Waals surface area contributed by atoms with Crippen molar-refractivity contribution in [1.82, 2.24) is 4.98 Å². The number of benzene rings is 1. The van der Waals surface area contributed by atoms with Crippen molar-refractivity contribution in [2.75, 3.05) is 5.32 Å². The highest BCUT2D eigenvalue weighted by molar-refractivity contribution is 6.32. The number of nitrogens with one attached hydrogen (secondary N) is 1. The Balaban J connectivity index is 2.14. The predicted molar refractivity (Wildman–Crippen MR) is 70.3 cm³/mol. The number of phenolic OH excluding ortho intramolecular Hbond substituents is 1. The van der Waals surface area contributed by atoms with Crippen molar-refractivity contribution >= 4 is 23.2 Å². The lowest BCUT2D eigenvalue weighted by atomic mass is 10.2. The van der Waals surface area contributed by atoms with Gasteiger partial charge >= 0.3 is 6.18 Å². The third-order valence-corrected chi connectivity index (χ3v) is 2.82. The molecule has 0 spiro atoms. The molecule has 8 heteroatoms. The van der Waals surface area contributed by atoms with Gasteiger partial charge in [-0.15, -0.1) is 0 Å². The molecule has 2 rings (SSSR count). The van der Waals surface area contributed by atoms with Crippen LogP contribution in [-0.2, 0) is 6.18 Å². The lowest BCUT2D eigenvalue weighted by molar-refractivity contribution is -0.141. The molecular weight excluding hydrogens is 309 g/mol. The standard InChI is InChI=1S/C13H8ClF3N2O2/c14-9-5-7(1-3-10(9)20)12(21)19-8-2-4-11(18-6-8)13(15,16)17/h1-6,20H,(H,19,21). The molecule has 2 aromatic rings. The monoisotopic (exact) mass is 316 g/mol. The molecule has 0 fully saturated rings. The van der Waals surface area contributed by atoms with E-state index < -0.39 is 17.8 Å². The van der Waals surface area contributed by atoms with Crippen molar-refractivity contribution in [3.8, 4) is 5.75 Å². The van der Waals surface area contributed by atoms with E-state index in [2.05, 4.69) is 10.3 Å². The van der Waals surface area contributed by atoms with E-state index in [0.29, 0.717) is 0 Å². The Kier molecular flexibility index (Phi) is 4.04. The number of hydrogen-bond acceptors (Lipinski definition) is 3. The molecule has 0 radical (unpaired) electrons. The fraction of sp³-hybridized carbons (Fsp3) is 0.0769. The average molecular weight is 317 g/mol. The first kappa shape index (κ1) is 15.1. The van der Waals surface area contributed by atoms with E-state index in [0.717, 1.165) is 18.3 Å². The fourth-order valence-corrected chi connectivity index (χ4v) is 1.67. The van der Waals surface area contributed by atoms with Gasteiger partial charge < -0.3 is 10.4 Å². The zero-order valence-electron chi connectivity index (χ0n) is 10.3. The molecule has 0 saturated carbocycles. The van der Waals surface area contributed by atoms with Gasteiger partial charge in [0.05, 0.1) is 16.9 Å². The predicted octanol–water partition coefficient (Wildman–Crippen LogP) is 3.71. The minimum atomic E-state index is -4.53. The second-order valence-corrected chi connectivity index (χ2v) is 4.46. The van der Waals surface area contributed by atoms with Crippen LogP contribution in [0.5, 0.6) is 5.75 Å². The highest BCUT2D eigenvalue weighted by Crippen LogP contribution is 2.28. The normalized spacial score (nSPS) is 11.2. The summed E-state index contributed by atoms with van der Waals surface area (Å²) in [7, 11) is 0. The average Bonchev–Trinajstić information content (AvgIpc) is 2.41. The first-order chi connectivity index (χ1) is 9.77. The van der Waals surface area contributed by atoms with Crippen LogP contribution in [-0.4, -0.2) is 16.0 Å². The summed E-state index contributed by atoms with van der Waals surface area (Å²) in [5.41, 5.74) is -0.789. The number of nitrogens with zero attached hydrogens (tertiary/aromatic N) is 1. The Morgan fingerprint density at radius 2 is 1.95 bits per heavy atom. The third-order valence-electron chi connectivity index (χ3n) is 2.52. The number of halogens is 4. The molecule has 1 aromatic carbocycles. The van der Waals surface area contributed by atoms with Crippen LogP contribution in [0.1, 0.15) is 16.1 Å². The topological polar surface area (TPSA) is 62.2 Å². The van der Waals surface area contributed by atoms with Crippen molar-refractivity contribution in [3.05, 3.63) is 52.8 Å². The van der Waals surface area contributed by atoms with Gasteiger partial charge in [-0.25, -0.2) is 4.98 Å². The number of pyridine rings is 1. The van der Waals surface area contributed by atoms with Crippen LogP contribution in [0.2, 0.25) is 5.02 Å². The van der Waals surface area contributed by atoms with Gasteiger partial charge in [-0.2, -0.15) is 13.2 Å². The number of hydrogen-bond donors (Lipinski definition) is 2. The molecule has 4 nitrogen and oxygen atoms in total. The number of carbonyl (C=O) groups excluding carboxylic acids is 1. The van der Waals surface area contributed by atoms with Crippen LogP contribution in [0.4, 0.5) is 18.9 Å². The maximum absolute atomic E-state index is 12.3. The molecule has 110 valence electrons. The molecule has 0 aliphatic heterocycles. The quantitative estimate of drug-likeness (QED) is 0.887. The van der Waals surface area contributed by atoms with Crippen molar-refractivity contribution in [1.29, 1.82) is 0 Å². The van der Waals surface area contributed by atoms with E-state index in [1.807, 2.05) is 0 Å². The maximum atomic E-state index is 12.3. The number of amides is 1. The number of phenols is 1. The lowest BCUT2D eigenvalue weighted by Crippen LogP contribution is -2.13. The molecule has 1 heterocycles. The van der Waals surface area contributed by atoms with Gasteiger partial charge in [0.2, 0.25) is 0 Å². The number of alkyl halides is 3. The molecule has 0 saturated heterocycles. The molecule has 21 heavy (non-hydrogen) atoms. The summed E-state index contributed by atoms with van der Waals surface area (Å²) in [5, 5.41) is 11.6. The van der Waals surface area contributed by atoms with Gasteiger partial charge in [0, 0.05) is 5.56 Å². The molecule has 2 N–H and O–H groups in total. The SMILES string of the molecule is O=C(Nc1ccc(C(F)(F)F)nc1)c1ccc(O)c(Cl)c1. The van der Waals surface area contributed by atoms with E-state index >= 15 is 0 Å². The Morgan fingerprint density at radius 1 is 1.24 bits per heavy atom. The van der Waals surface area contributed by atoms with Crippen LogP contribution < -0.4 is 5.32 Å². The van der Waals surface area contributed by atoms with Crippen molar-refractivity contribution in [2.45, 2.75) is 6.18 Å². The van der Waals surface area contributed by atoms with Crippen molar-refractivity contribution in [2.24, 2.45) is 0 Å². The van der Waals surface area contributed by atoms with Gasteiger partial charge in [-0.3, -0.25) is 4.79 Å². The number of carbonyl (C=O) groups is 1. The largest absolute Gasteiger partial charge is 0.506 e. The molecule has 0 bridgehead atoms. The van der Waals surface area contributed by atoms with Gasteiger partial charge in [0.25, 0.3) is 5.91 Å². The zero-order valence-corrected chi connectivity index (χ0v) is 11.0. The van der Waals surface area contributed by atoms with Crippen LogP contribution in [0.25, 0.3) is 0 Å². The summed E-state index contributed by atoms with van der Waals surface area (Å²) in [6.07, 6.45) is -3.63. The third kappa shape index (κ3) is 3.63. The first-order valence-corrected chi connectivity index (χ1v) is 5.98. The van der Waals surface area contributed by atoms with Crippen LogP contribution in [0, 0.1) is 0 Å². The molecular formula is C13H8ClF3N2O2. The van der Waals surface area contributed by atoms with Crippen LogP contribution >= 0.6 is 11.6 Å². The van der Waals surface area contributed by atoms with E-state index in [1.54, 1.807) is 0 Å². The van der Waals surface area contributed by atoms with E-state index in [4.69, 9.17) is 11.6 Å². The summed E-state index contributed by atoms with van der Waals surface area (Å²) in [6, 6.07) is 5.66. The summed E-state index contributed by atoms with van der Waals surface area (Å²) in [5.74, 6) is -0.761. The molecule has 0 atom stereocenters. The number of aromatic hydroxyl groups is 1. The van der Waals surface area contributed by atoms with Gasteiger partial charge in [0.15, 0.2) is 0 Å². The second kappa shape index (κ2) is 5.61. The Hall–Kier alpha value is -2.28. The Labute approximate surface area is 122 Å². The minimum absolute atomic E-state index is 0.00630. The lowest BCUT2D eigenvalue weighted by Gasteiger charge is -2.08. The Bertz CT molecular complexity index is 672. The highest BCUT2D eigenvalue weighted by atomic mass is 35.5. The van der Waals surface area contributed by atoms with Gasteiger partial charge in [-0.05, 0) is 30.3 Å². The van der Waals surface area contributed by atoms with E-state index in [9.17, 15) is 23.1 Å². The van der Waals surface area contributed by atoms with Crippen molar-refractivity contribution in [3.63, 3.8) is 0 Å². The van der Waals surface area contributed by atoms with Crippen molar-refractivity contribution < 1.29 is 23.1 Å². The van der Waals surface area contributed by atoms with E-state index in [1.165, 1.54) is 18.2 Å². The number of rotatable bonds is 2. The van der Waals surface area contributed by atoms with E-state index in [-0.39, 0.29) is 22.0 Å². The van der Waals surface area contributed by atoms with Crippen LogP contribution in [0.3, 0.4) is 0 Å². The van der Waals surface area contributed by atoms with Gasteiger partial charge in [0.1, 0.15) is 11.4 Å². The number of aromatic nitrogens is 1. The molecule has 0 aliphatic rings. The Morgan fingerprint density at radius 3 is 2.48 bits per heavy atom. The smallest absolute Gasteiger partial charge is 0.433 e. The summed E-state index contributed by atoms with van der Waals surface area (Å²) in [4.78, 5) is 15.1. The second-order valence-electron chi connectivity index (χ2n) is 4.05. The maximum Gasteiger partial charge on any atom is 0.433 e. The number of anilines is 1. The molecule has 0 aliphatic carbocycles. The minimum Gasteiger partial charge on any atom is -0.506 e. The molecule has 1 aromatic heterocycles. The summed E-state index contributed by atoms with van der Waals surface area (Å²) >= 11 is 5.66. The summed E-state index contributed by atoms with van der Waals surface area (Å²) < 4.78 is 37.0. The summed E-state index contributed by atoms with van der Waals surface area (Å²) in [6.45, 7) is 0. The zero-order chi connectivity index (χ0) is 15.6. The first-order valence-electron chi connectivity index (χ1n) is 5.60.